The molecule has 0 unspecified atom stereocenters. The Morgan fingerprint density at radius 1 is 1.25 bits per heavy atom. The highest BCUT2D eigenvalue weighted by Gasteiger charge is 2.21. The van der Waals surface area contributed by atoms with Crippen molar-refractivity contribution < 1.29 is 8.42 Å². The maximum Gasteiger partial charge on any atom is 0.173 e. The van der Waals surface area contributed by atoms with Crippen LogP contribution in [0.2, 0.25) is 0 Å². The molecule has 2 rings (SSSR count). The summed E-state index contributed by atoms with van der Waals surface area (Å²) in [6.45, 7) is 4.10. The van der Waals surface area contributed by atoms with E-state index in [0.29, 0.717) is 0 Å². The van der Waals surface area contributed by atoms with E-state index in [2.05, 4.69) is 12.2 Å². The Morgan fingerprint density at radius 3 is 2.56 bits per heavy atom. The molecule has 0 radical (unpaired) electrons. The molecule has 3 nitrogen and oxygen atoms in total. The lowest BCUT2D eigenvalue weighted by molar-refractivity contribution is 0.605. The molecule has 1 heterocycles. The zero-order valence-electron chi connectivity index (χ0n) is 9.40. The minimum Gasteiger partial charge on any atom is -0.378 e. The Labute approximate surface area is 96.1 Å². The van der Waals surface area contributed by atoms with Gasteiger partial charge in [0.05, 0.1) is 11.8 Å². The third-order valence-corrected chi connectivity index (χ3v) is 4.18. The van der Waals surface area contributed by atoms with Crippen LogP contribution in [0, 0.1) is 13.8 Å². The summed E-state index contributed by atoms with van der Waals surface area (Å²) in [7, 11) is -2.98. The zero-order chi connectivity index (χ0) is 11.8. The molecule has 0 saturated heterocycles. The summed E-state index contributed by atoms with van der Waals surface area (Å²) in [5.41, 5.74) is 3.41. The molecule has 1 atom stereocenters. The second kappa shape index (κ2) is 3.94. The van der Waals surface area contributed by atoms with Crippen LogP contribution in [-0.4, -0.2) is 20.2 Å². The Morgan fingerprint density at radius 2 is 2.00 bits per heavy atom. The Balaban J connectivity index is 2.11. The first-order valence-corrected chi connectivity index (χ1v) is 6.92. The summed E-state index contributed by atoms with van der Waals surface area (Å²) in [6.07, 6.45) is 1.70. The van der Waals surface area contributed by atoms with E-state index in [-0.39, 0.29) is 11.8 Å². The fraction of sp³-hybridized carbons (Fsp3) is 0.333. The van der Waals surface area contributed by atoms with Crippen LogP contribution >= 0.6 is 0 Å². The molecule has 1 N–H and O–H groups in total. The average molecular weight is 237 g/mol. The first kappa shape index (κ1) is 11.2. The molecule has 1 aliphatic heterocycles. The van der Waals surface area contributed by atoms with E-state index in [1.165, 1.54) is 16.5 Å². The first-order valence-electron chi connectivity index (χ1n) is 5.21. The highest BCUT2D eigenvalue weighted by Crippen LogP contribution is 2.18. The predicted octanol–water partition coefficient (Wildman–Crippen LogP) is 2.03. The zero-order valence-corrected chi connectivity index (χ0v) is 10.2. The van der Waals surface area contributed by atoms with Gasteiger partial charge in [0.25, 0.3) is 0 Å². The first-order chi connectivity index (χ1) is 7.46. The molecule has 4 heteroatoms. The second-order valence-electron chi connectivity index (χ2n) is 4.21. The predicted molar refractivity (Wildman–Crippen MR) is 66.3 cm³/mol. The quantitative estimate of drug-likeness (QED) is 0.856. The normalized spacial score (nSPS) is 22.2. The van der Waals surface area contributed by atoms with E-state index in [4.69, 9.17) is 0 Å². The van der Waals surface area contributed by atoms with Gasteiger partial charge >= 0.3 is 0 Å². The number of sulfone groups is 1. The lowest BCUT2D eigenvalue weighted by Gasteiger charge is -2.12. The van der Waals surface area contributed by atoms with Crippen LogP contribution in [0.25, 0.3) is 0 Å². The van der Waals surface area contributed by atoms with Crippen LogP contribution < -0.4 is 5.32 Å². The van der Waals surface area contributed by atoms with Gasteiger partial charge in [0, 0.05) is 11.1 Å². The number of hydrogen-bond donors (Lipinski definition) is 1. The fourth-order valence-corrected chi connectivity index (χ4v) is 2.95. The number of nitrogens with one attached hydrogen (secondary N) is 1. The van der Waals surface area contributed by atoms with E-state index >= 15 is 0 Å². The van der Waals surface area contributed by atoms with Crippen molar-refractivity contribution >= 4 is 15.5 Å². The van der Waals surface area contributed by atoms with Gasteiger partial charge in [-0.2, -0.15) is 0 Å². The molecule has 16 heavy (non-hydrogen) atoms. The molecule has 1 aromatic rings. The molecule has 0 aliphatic carbocycles. The highest BCUT2D eigenvalue weighted by atomic mass is 32.2. The van der Waals surface area contributed by atoms with Crippen molar-refractivity contribution in [2.75, 3.05) is 11.1 Å². The van der Waals surface area contributed by atoms with Crippen molar-refractivity contribution in [1.82, 2.24) is 0 Å². The summed E-state index contributed by atoms with van der Waals surface area (Å²) < 4.78 is 22.5. The molecular formula is C12H15NO2S. The van der Waals surface area contributed by atoms with Crippen LogP contribution in [0.3, 0.4) is 0 Å². The van der Waals surface area contributed by atoms with Gasteiger partial charge in [0.15, 0.2) is 9.84 Å². The van der Waals surface area contributed by atoms with Gasteiger partial charge in [-0.25, -0.2) is 8.42 Å². The Hall–Kier alpha value is -1.29. The lowest BCUT2D eigenvalue weighted by atomic mass is 10.1. The van der Waals surface area contributed by atoms with Gasteiger partial charge in [-0.1, -0.05) is 12.1 Å². The summed E-state index contributed by atoms with van der Waals surface area (Å²) in [5.74, 6) is 0.153. The average Bonchev–Trinajstić information content (AvgIpc) is 2.52. The number of anilines is 1. The summed E-state index contributed by atoms with van der Waals surface area (Å²) in [6, 6.07) is 5.94. The molecule has 0 bridgehead atoms. The topological polar surface area (TPSA) is 46.2 Å². The number of hydrogen-bond acceptors (Lipinski definition) is 3. The smallest absolute Gasteiger partial charge is 0.173 e. The monoisotopic (exact) mass is 237 g/mol. The minimum atomic E-state index is -2.98. The SMILES string of the molecule is Cc1ccc(N[C@@H]2C=CS(=O)(=O)C2)cc1C. The highest BCUT2D eigenvalue weighted by molar-refractivity contribution is 7.94. The van der Waals surface area contributed by atoms with Crippen LogP contribution in [-0.2, 0) is 9.84 Å². The fourth-order valence-electron chi connectivity index (χ4n) is 1.71. The van der Waals surface area contributed by atoms with Crippen molar-refractivity contribution in [3.8, 4) is 0 Å². The largest absolute Gasteiger partial charge is 0.378 e. The molecule has 1 aliphatic rings. The van der Waals surface area contributed by atoms with Gasteiger partial charge in [0.1, 0.15) is 0 Å². The van der Waals surface area contributed by atoms with Crippen LogP contribution in [0.5, 0.6) is 0 Å². The Bertz CT molecular complexity index is 532. The van der Waals surface area contributed by atoms with Crippen LogP contribution in [0.4, 0.5) is 5.69 Å². The van der Waals surface area contributed by atoms with Crippen molar-refractivity contribution in [1.29, 1.82) is 0 Å². The second-order valence-corrected chi connectivity index (χ2v) is 6.14. The minimum absolute atomic E-state index is 0.105. The van der Waals surface area contributed by atoms with E-state index in [9.17, 15) is 8.42 Å². The van der Waals surface area contributed by atoms with Crippen molar-refractivity contribution in [2.45, 2.75) is 19.9 Å². The third-order valence-electron chi connectivity index (χ3n) is 2.79. The van der Waals surface area contributed by atoms with E-state index in [1.807, 2.05) is 25.1 Å². The van der Waals surface area contributed by atoms with Crippen molar-refractivity contribution in [3.63, 3.8) is 0 Å². The summed E-state index contributed by atoms with van der Waals surface area (Å²) in [5, 5.41) is 4.48. The number of benzene rings is 1. The lowest BCUT2D eigenvalue weighted by Crippen LogP contribution is -2.20. The van der Waals surface area contributed by atoms with E-state index in [0.717, 1.165) is 5.69 Å². The van der Waals surface area contributed by atoms with Gasteiger partial charge in [-0.05, 0) is 37.1 Å². The van der Waals surface area contributed by atoms with Crippen LogP contribution in [0.1, 0.15) is 11.1 Å². The van der Waals surface area contributed by atoms with E-state index < -0.39 is 9.84 Å². The van der Waals surface area contributed by atoms with Gasteiger partial charge in [-0.3, -0.25) is 0 Å². The van der Waals surface area contributed by atoms with Gasteiger partial charge in [-0.15, -0.1) is 0 Å². The summed E-state index contributed by atoms with van der Waals surface area (Å²) in [4.78, 5) is 0. The maximum absolute atomic E-state index is 11.2. The molecule has 0 saturated carbocycles. The molecule has 0 aromatic heterocycles. The molecule has 1 aromatic carbocycles. The van der Waals surface area contributed by atoms with Crippen LogP contribution in [0.15, 0.2) is 29.7 Å². The van der Waals surface area contributed by atoms with Crippen molar-refractivity contribution in [3.05, 3.63) is 40.8 Å². The van der Waals surface area contributed by atoms with Gasteiger partial charge in [0.2, 0.25) is 0 Å². The van der Waals surface area contributed by atoms with E-state index in [1.54, 1.807) is 6.08 Å². The standard InChI is InChI=1S/C12H15NO2S/c1-9-3-4-11(7-10(9)2)13-12-5-6-16(14,15)8-12/h3-7,12-13H,8H2,1-2H3/t12-/m1/s1. The van der Waals surface area contributed by atoms with Crippen molar-refractivity contribution in [2.24, 2.45) is 0 Å². The maximum atomic E-state index is 11.2. The van der Waals surface area contributed by atoms with Gasteiger partial charge < -0.3 is 5.32 Å². The molecule has 0 spiro atoms. The molecule has 86 valence electrons. The Kier molecular flexibility index (Phi) is 2.76. The molecule has 0 amide bonds. The third kappa shape index (κ3) is 2.44. The number of rotatable bonds is 2. The number of aryl methyl sites for hydroxylation is 2. The molecular weight excluding hydrogens is 222 g/mol. The molecule has 0 fully saturated rings. The summed E-state index contributed by atoms with van der Waals surface area (Å²) >= 11 is 0.